The fourth-order valence-corrected chi connectivity index (χ4v) is 3.62. The topological polar surface area (TPSA) is 90.0 Å². The fourth-order valence-electron chi connectivity index (χ4n) is 2.76. The first-order valence-electron chi connectivity index (χ1n) is 9.07. The van der Waals surface area contributed by atoms with Gasteiger partial charge >= 0.3 is 0 Å². The van der Waals surface area contributed by atoms with Crippen molar-refractivity contribution in [2.45, 2.75) is 37.7 Å². The Hall–Kier alpha value is -3.13. The third-order valence-corrected chi connectivity index (χ3v) is 5.40. The number of nitrogens with one attached hydrogen (secondary N) is 1. The molecule has 1 atom stereocenters. The van der Waals surface area contributed by atoms with Gasteiger partial charge in [0.2, 0.25) is 5.91 Å². The molecule has 150 valence electrons. The summed E-state index contributed by atoms with van der Waals surface area (Å²) in [7, 11) is 0. The molecule has 0 saturated heterocycles. The summed E-state index contributed by atoms with van der Waals surface area (Å²) in [6, 6.07) is 8.71. The Kier molecular flexibility index (Phi) is 6.33. The van der Waals surface area contributed by atoms with Crippen molar-refractivity contribution in [3.63, 3.8) is 0 Å². The summed E-state index contributed by atoms with van der Waals surface area (Å²) in [5.41, 5.74) is 1.98. The van der Waals surface area contributed by atoms with Gasteiger partial charge in [-0.2, -0.15) is 0 Å². The summed E-state index contributed by atoms with van der Waals surface area (Å²) >= 11 is 1.30. The molecule has 1 aromatic carbocycles. The van der Waals surface area contributed by atoms with E-state index >= 15 is 0 Å². The van der Waals surface area contributed by atoms with Gasteiger partial charge in [0, 0.05) is 17.8 Å². The van der Waals surface area contributed by atoms with Crippen molar-refractivity contribution in [3.8, 4) is 11.4 Å². The minimum absolute atomic E-state index is 0.0527. The second-order valence-corrected chi connectivity index (χ2v) is 7.79. The average molecular weight is 410 g/mol. The van der Waals surface area contributed by atoms with Crippen LogP contribution in [0.4, 0.5) is 5.69 Å². The van der Waals surface area contributed by atoms with Crippen molar-refractivity contribution < 1.29 is 14.0 Å². The van der Waals surface area contributed by atoms with E-state index in [1.54, 1.807) is 43.5 Å². The van der Waals surface area contributed by atoms with Gasteiger partial charge in [0.15, 0.2) is 16.8 Å². The molecular weight excluding hydrogens is 388 g/mol. The van der Waals surface area contributed by atoms with E-state index in [0.717, 1.165) is 11.3 Å². The Morgan fingerprint density at radius 2 is 2.14 bits per heavy atom. The molecule has 0 saturated carbocycles. The van der Waals surface area contributed by atoms with Crippen LogP contribution in [-0.2, 0) is 11.3 Å². The monoisotopic (exact) mass is 410 g/mol. The highest BCUT2D eigenvalue weighted by atomic mass is 32.2. The normalized spacial score (nSPS) is 11.8. The lowest BCUT2D eigenvalue weighted by Gasteiger charge is -2.13. The average Bonchev–Trinajstić information content (AvgIpc) is 3.28. The highest BCUT2D eigenvalue weighted by Crippen LogP contribution is 2.29. The van der Waals surface area contributed by atoms with Crippen molar-refractivity contribution >= 4 is 29.1 Å². The number of hydrogen-bond donors (Lipinski definition) is 1. The number of furan rings is 1. The lowest BCUT2D eigenvalue weighted by molar-refractivity contribution is -0.115. The van der Waals surface area contributed by atoms with Crippen LogP contribution in [-0.4, -0.2) is 31.7 Å². The first-order chi connectivity index (χ1) is 13.9. The number of allylic oxidation sites excluding steroid dienone is 1. The maximum absolute atomic E-state index is 12.6. The number of rotatable bonds is 8. The van der Waals surface area contributed by atoms with E-state index < -0.39 is 5.25 Å². The standard InChI is InChI=1S/C21H22N4O3S/c1-5-10-25-19(18-9-11-28-14(18)3)23-24-21(25)29-15(4)20(27)22-17-8-6-7-16(12-17)13(2)26/h5-9,11-12,15H,1,10H2,2-4H3,(H,22,27). The van der Waals surface area contributed by atoms with Crippen molar-refractivity contribution in [2.24, 2.45) is 0 Å². The largest absolute Gasteiger partial charge is 0.469 e. The number of ketones is 1. The highest BCUT2D eigenvalue weighted by molar-refractivity contribution is 8.00. The molecule has 0 aliphatic carbocycles. The SMILES string of the molecule is C=CCn1c(SC(C)C(=O)Nc2cccc(C(C)=O)c2)nnc1-c1ccoc1C. The molecule has 29 heavy (non-hydrogen) atoms. The third-order valence-electron chi connectivity index (χ3n) is 4.32. The summed E-state index contributed by atoms with van der Waals surface area (Å²) in [4.78, 5) is 24.2. The quantitative estimate of drug-likeness (QED) is 0.337. The number of carbonyl (C=O) groups is 2. The Morgan fingerprint density at radius 1 is 1.34 bits per heavy atom. The van der Waals surface area contributed by atoms with Gasteiger partial charge in [0.25, 0.3) is 0 Å². The zero-order valence-corrected chi connectivity index (χ0v) is 17.3. The summed E-state index contributed by atoms with van der Waals surface area (Å²) in [6.45, 7) is 9.45. The molecule has 2 aromatic heterocycles. The number of carbonyl (C=O) groups excluding carboxylic acids is 2. The zero-order chi connectivity index (χ0) is 21.0. The molecule has 0 aliphatic rings. The van der Waals surface area contributed by atoms with Crippen molar-refractivity contribution in [3.05, 3.63) is 60.6 Å². The second-order valence-electron chi connectivity index (χ2n) is 6.48. The number of anilines is 1. The van der Waals surface area contributed by atoms with Gasteiger partial charge in [0.05, 0.1) is 17.1 Å². The number of hydrogen-bond acceptors (Lipinski definition) is 6. The first-order valence-corrected chi connectivity index (χ1v) is 9.95. The molecule has 7 nitrogen and oxygen atoms in total. The molecule has 0 spiro atoms. The van der Waals surface area contributed by atoms with Gasteiger partial charge in [-0.25, -0.2) is 0 Å². The van der Waals surface area contributed by atoms with Gasteiger partial charge < -0.3 is 9.73 Å². The Bertz CT molecular complexity index is 1050. The van der Waals surface area contributed by atoms with E-state index in [0.29, 0.717) is 28.8 Å². The number of aromatic nitrogens is 3. The van der Waals surface area contributed by atoms with Crippen molar-refractivity contribution in [1.29, 1.82) is 0 Å². The van der Waals surface area contributed by atoms with Gasteiger partial charge in [0.1, 0.15) is 5.76 Å². The van der Waals surface area contributed by atoms with Crippen LogP contribution in [0.2, 0.25) is 0 Å². The molecule has 0 fully saturated rings. The summed E-state index contributed by atoms with van der Waals surface area (Å²) in [6.07, 6.45) is 3.36. The van der Waals surface area contributed by atoms with E-state index in [-0.39, 0.29) is 11.7 Å². The Labute approximate surface area is 173 Å². The molecule has 2 heterocycles. The Morgan fingerprint density at radius 3 is 2.79 bits per heavy atom. The molecule has 0 radical (unpaired) electrons. The lowest BCUT2D eigenvalue weighted by Crippen LogP contribution is -2.23. The predicted octanol–water partition coefficient (Wildman–Crippen LogP) is 4.35. The summed E-state index contributed by atoms with van der Waals surface area (Å²) in [5, 5.41) is 11.6. The number of aryl methyl sites for hydroxylation is 1. The van der Waals surface area contributed by atoms with Crippen molar-refractivity contribution in [2.75, 3.05) is 5.32 Å². The second kappa shape index (κ2) is 8.91. The van der Waals surface area contributed by atoms with E-state index in [4.69, 9.17) is 4.42 Å². The Balaban J connectivity index is 1.77. The van der Waals surface area contributed by atoms with Crippen LogP contribution < -0.4 is 5.32 Å². The van der Waals surface area contributed by atoms with Gasteiger partial charge in [-0.3, -0.25) is 14.2 Å². The molecule has 3 rings (SSSR count). The number of Topliss-reactive ketones (excluding diaryl/α,β-unsaturated/α-hetero) is 1. The van der Waals surface area contributed by atoms with Crippen LogP contribution in [0.5, 0.6) is 0 Å². The van der Waals surface area contributed by atoms with Crippen molar-refractivity contribution in [1.82, 2.24) is 14.8 Å². The van der Waals surface area contributed by atoms with E-state index in [1.165, 1.54) is 18.7 Å². The van der Waals surface area contributed by atoms with Crippen LogP contribution in [0, 0.1) is 6.92 Å². The third kappa shape index (κ3) is 4.65. The minimum atomic E-state index is -0.429. The van der Waals surface area contributed by atoms with Crippen LogP contribution in [0.3, 0.4) is 0 Å². The van der Waals surface area contributed by atoms with Crippen LogP contribution >= 0.6 is 11.8 Å². The molecule has 1 N–H and O–H groups in total. The molecular formula is C21H22N4O3S. The van der Waals surface area contributed by atoms with Crippen LogP contribution in [0.25, 0.3) is 11.4 Å². The highest BCUT2D eigenvalue weighted by Gasteiger charge is 2.22. The molecule has 0 bridgehead atoms. The van der Waals surface area contributed by atoms with Crippen LogP contribution in [0.1, 0.15) is 30.0 Å². The van der Waals surface area contributed by atoms with E-state index in [2.05, 4.69) is 22.1 Å². The fraction of sp³-hybridized carbons (Fsp3) is 0.238. The smallest absolute Gasteiger partial charge is 0.237 e. The maximum Gasteiger partial charge on any atom is 0.237 e. The lowest BCUT2D eigenvalue weighted by atomic mass is 10.1. The molecule has 8 heteroatoms. The number of benzene rings is 1. The molecule has 1 amide bonds. The summed E-state index contributed by atoms with van der Waals surface area (Å²) < 4.78 is 7.27. The number of thioether (sulfide) groups is 1. The number of amides is 1. The zero-order valence-electron chi connectivity index (χ0n) is 16.5. The van der Waals surface area contributed by atoms with Gasteiger partial charge in [-0.05, 0) is 39.0 Å². The summed E-state index contributed by atoms with van der Waals surface area (Å²) in [5.74, 6) is 1.17. The molecule has 1 unspecified atom stereocenters. The molecule has 3 aromatic rings. The maximum atomic E-state index is 12.6. The van der Waals surface area contributed by atoms with Crippen LogP contribution in [0.15, 0.2) is 58.8 Å². The predicted molar refractivity (Wildman–Crippen MR) is 113 cm³/mol. The number of nitrogens with zero attached hydrogens (tertiary/aromatic N) is 3. The van der Waals surface area contributed by atoms with Gasteiger partial charge in [-0.15, -0.1) is 16.8 Å². The molecule has 0 aliphatic heterocycles. The minimum Gasteiger partial charge on any atom is -0.469 e. The van der Waals surface area contributed by atoms with Gasteiger partial charge in [-0.1, -0.05) is 30.0 Å². The van der Waals surface area contributed by atoms with E-state index in [9.17, 15) is 9.59 Å². The first kappa shape index (κ1) is 20.6. The van der Waals surface area contributed by atoms with E-state index in [1.807, 2.05) is 17.6 Å².